The number of carbonyl (C=O) groups excluding carboxylic acids is 1. The number of nitrogens with one attached hydrogen (secondary N) is 1. The summed E-state index contributed by atoms with van der Waals surface area (Å²) in [6.07, 6.45) is 9.16. The highest BCUT2D eigenvalue weighted by Gasteiger charge is 2.06. The summed E-state index contributed by atoms with van der Waals surface area (Å²) in [6.45, 7) is 4.06. The molecule has 0 atom stereocenters. The second-order valence-corrected chi connectivity index (χ2v) is 5.48. The first-order valence-electron chi connectivity index (χ1n) is 6.88. The molecule has 0 bridgehead atoms. The number of hydrogen-bond acceptors (Lipinski definition) is 4. The van der Waals surface area contributed by atoms with Gasteiger partial charge in [0.1, 0.15) is 5.01 Å². The van der Waals surface area contributed by atoms with Gasteiger partial charge in [0, 0.05) is 12.8 Å². The van der Waals surface area contributed by atoms with Crippen LogP contribution in [0.3, 0.4) is 0 Å². The van der Waals surface area contributed by atoms with Gasteiger partial charge in [0.25, 0.3) is 0 Å². The zero-order valence-electron chi connectivity index (χ0n) is 11.4. The molecule has 1 N–H and O–H groups in total. The fourth-order valence-electron chi connectivity index (χ4n) is 1.67. The Labute approximate surface area is 113 Å². The van der Waals surface area contributed by atoms with Crippen LogP contribution in [0.5, 0.6) is 0 Å². The number of nitrogens with zero attached hydrogens (tertiary/aromatic N) is 2. The van der Waals surface area contributed by atoms with Gasteiger partial charge in [-0.25, -0.2) is 0 Å². The zero-order valence-corrected chi connectivity index (χ0v) is 12.2. The van der Waals surface area contributed by atoms with Crippen LogP contribution in [0.1, 0.15) is 63.8 Å². The lowest BCUT2D eigenvalue weighted by molar-refractivity contribution is -0.115. The Bertz CT molecular complexity index is 352. The highest BCUT2D eigenvalue weighted by atomic mass is 32.1. The van der Waals surface area contributed by atoms with Crippen LogP contribution >= 0.6 is 11.3 Å². The molecule has 5 heteroatoms. The number of unbranched alkanes of at least 4 members (excludes halogenated alkanes) is 5. The lowest BCUT2D eigenvalue weighted by Gasteiger charge is -1.98. The van der Waals surface area contributed by atoms with Gasteiger partial charge >= 0.3 is 0 Å². The van der Waals surface area contributed by atoms with Crippen LogP contribution in [0.2, 0.25) is 0 Å². The van der Waals surface area contributed by atoms with E-state index in [0.717, 1.165) is 11.4 Å². The average Bonchev–Trinajstić information content (AvgIpc) is 2.81. The second-order valence-electron chi connectivity index (χ2n) is 4.42. The van der Waals surface area contributed by atoms with Gasteiger partial charge in [-0.1, -0.05) is 57.3 Å². The summed E-state index contributed by atoms with van der Waals surface area (Å²) in [5.41, 5.74) is 0. The van der Waals surface area contributed by atoms with E-state index in [9.17, 15) is 4.79 Å². The lowest BCUT2D eigenvalue weighted by atomic mass is 10.1. The van der Waals surface area contributed by atoms with Gasteiger partial charge in [-0.15, -0.1) is 10.2 Å². The lowest BCUT2D eigenvalue weighted by Crippen LogP contribution is -2.08. The smallest absolute Gasteiger partial charge is 0.225 e. The minimum Gasteiger partial charge on any atom is -0.301 e. The van der Waals surface area contributed by atoms with E-state index in [2.05, 4.69) is 22.4 Å². The van der Waals surface area contributed by atoms with Crippen molar-refractivity contribution in [2.24, 2.45) is 0 Å². The molecule has 1 heterocycles. The molecule has 0 fully saturated rings. The van der Waals surface area contributed by atoms with Gasteiger partial charge in [0.05, 0.1) is 0 Å². The minimum absolute atomic E-state index is 0.00253. The van der Waals surface area contributed by atoms with Crippen molar-refractivity contribution in [1.82, 2.24) is 10.2 Å². The molecule has 0 saturated carbocycles. The molecule has 0 aliphatic carbocycles. The van der Waals surface area contributed by atoms with Crippen LogP contribution in [-0.4, -0.2) is 16.1 Å². The van der Waals surface area contributed by atoms with E-state index < -0.39 is 0 Å². The molecule has 0 radical (unpaired) electrons. The number of carbonyl (C=O) groups is 1. The van der Waals surface area contributed by atoms with Gasteiger partial charge in [0.2, 0.25) is 11.0 Å². The third-order valence-corrected chi connectivity index (χ3v) is 3.68. The van der Waals surface area contributed by atoms with E-state index in [1.807, 2.05) is 6.92 Å². The summed E-state index contributed by atoms with van der Waals surface area (Å²) in [6, 6.07) is 0. The summed E-state index contributed by atoms with van der Waals surface area (Å²) in [7, 11) is 0. The molecule has 0 saturated heterocycles. The zero-order chi connectivity index (χ0) is 13.2. The topological polar surface area (TPSA) is 54.9 Å². The molecule has 1 aromatic heterocycles. The van der Waals surface area contributed by atoms with Crippen molar-refractivity contribution < 1.29 is 4.79 Å². The van der Waals surface area contributed by atoms with Crippen LogP contribution in [0.4, 0.5) is 5.13 Å². The molecule has 1 aromatic rings. The highest BCUT2D eigenvalue weighted by molar-refractivity contribution is 7.15. The fourth-order valence-corrected chi connectivity index (χ4v) is 2.47. The van der Waals surface area contributed by atoms with Crippen molar-refractivity contribution in [2.75, 3.05) is 5.32 Å². The molecule has 0 spiro atoms. The number of rotatable bonds is 9. The molecule has 18 heavy (non-hydrogen) atoms. The molecule has 102 valence electrons. The second kappa shape index (κ2) is 9.03. The first kappa shape index (κ1) is 15.1. The van der Waals surface area contributed by atoms with E-state index >= 15 is 0 Å². The number of aryl methyl sites for hydroxylation is 1. The van der Waals surface area contributed by atoms with Crippen molar-refractivity contribution in [2.45, 2.75) is 65.2 Å². The Morgan fingerprint density at radius 1 is 1.11 bits per heavy atom. The van der Waals surface area contributed by atoms with Crippen molar-refractivity contribution >= 4 is 22.4 Å². The van der Waals surface area contributed by atoms with Gasteiger partial charge < -0.3 is 5.32 Å². The van der Waals surface area contributed by atoms with E-state index in [1.54, 1.807) is 0 Å². The normalized spacial score (nSPS) is 10.6. The van der Waals surface area contributed by atoms with Crippen LogP contribution in [0.15, 0.2) is 0 Å². The average molecular weight is 269 g/mol. The molecule has 0 aliphatic heterocycles. The molecule has 0 aliphatic rings. The third-order valence-electron chi connectivity index (χ3n) is 2.78. The third kappa shape index (κ3) is 6.10. The number of aromatic nitrogens is 2. The summed E-state index contributed by atoms with van der Waals surface area (Å²) < 4.78 is 0. The van der Waals surface area contributed by atoms with Gasteiger partial charge in [-0.3, -0.25) is 4.79 Å². The summed E-state index contributed by atoms with van der Waals surface area (Å²) in [4.78, 5) is 11.2. The first-order chi connectivity index (χ1) is 8.76. The van der Waals surface area contributed by atoms with Crippen molar-refractivity contribution in [1.29, 1.82) is 0 Å². The maximum Gasteiger partial charge on any atom is 0.225 e. The van der Waals surface area contributed by atoms with Crippen molar-refractivity contribution in [3.63, 3.8) is 0 Å². The van der Waals surface area contributed by atoms with E-state index in [1.165, 1.54) is 49.9 Å². The van der Waals surface area contributed by atoms with Crippen LogP contribution in [0.25, 0.3) is 0 Å². The standard InChI is InChI=1S/C13H23N3OS/c1-3-5-6-7-8-9-10-12-15-16-13(18-12)14-11(17)4-2/h3-10H2,1-2H3,(H,14,16,17). The summed E-state index contributed by atoms with van der Waals surface area (Å²) >= 11 is 1.49. The Hall–Kier alpha value is -0.970. The molecule has 1 rings (SSSR count). The SMILES string of the molecule is CCCCCCCCc1nnc(NC(=O)CC)s1. The Balaban J connectivity index is 2.17. The number of anilines is 1. The van der Waals surface area contributed by atoms with Crippen LogP contribution in [0, 0.1) is 0 Å². The molecular formula is C13H23N3OS. The number of amides is 1. The highest BCUT2D eigenvalue weighted by Crippen LogP contribution is 2.18. The summed E-state index contributed by atoms with van der Waals surface area (Å²) in [5, 5.41) is 12.4. The van der Waals surface area contributed by atoms with Gasteiger partial charge in [-0.2, -0.15) is 0 Å². The molecule has 4 nitrogen and oxygen atoms in total. The Morgan fingerprint density at radius 2 is 1.83 bits per heavy atom. The molecule has 0 aromatic carbocycles. The Morgan fingerprint density at radius 3 is 2.56 bits per heavy atom. The van der Waals surface area contributed by atoms with Crippen molar-refractivity contribution in [3.05, 3.63) is 5.01 Å². The first-order valence-corrected chi connectivity index (χ1v) is 7.70. The Kier molecular flexibility index (Phi) is 7.57. The maximum atomic E-state index is 11.2. The van der Waals surface area contributed by atoms with Gasteiger partial charge in [0.15, 0.2) is 0 Å². The van der Waals surface area contributed by atoms with Gasteiger partial charge in [-0.05, 0) is 6.42 Å². The predicted octanol–water partition coefficient (Wildman–Crippen LogP) is 3.79. The van der Waals surface area contributed by atoms with Crippen LogP contribution in [-0.2, 0) is 11.2 Å². The monoisotopic (exact) mass is 269 g/mol. The quantitative estimate of drug-likeness (QED) is 0.694. The minimum atomic E-state index is -0.00253. The number of hydrogen-bond donors (Lipinski definition) is 1. The predicted molar refractivity (Wildman–Crippen MR) is 75.9 cm³/mol. The van der Waals surface area contributed by atoms with E-state index in [4.69, 9.17) is 0 Å². The molecule has 0 unspecified atom stereocenters. The fraction of sp³-hybridized carbons (Fsp3) is 0.769. The largest absolute Gasteiger partial charge is 0.301 e. The maximum absolute atomic E-state index is 11.2. The van der Waals surface area contributed by atoms with E-state index in [0.29, 0.717) is 11.6 Å². The molecule has 1 amide bonds. The molecular weight excluding hydrogens is 246 g/mol. The summed E-state index contributed by atoms with van der Waals surface area (Å²) in [5.74, 6) is -0.00253. The van der Waals surface area contributed by atoms with Crippen molar-refractivity contribution in [3.8, 4) is 0 Å². The van der Waals surface area contributed by atoms with E-state index in [-0.39, 0.29) is 5.91 Å². The van der Waals surface area contributed by atoms with Crippen LogP contribution < -0.4 is 5.32 Å².